The van der Waals surface area contributed by atoms with Gasteiger partial charge in [0, 0.05) is 24.1 Å². The predicted molar refractivity (Wildman–Crippen MR) is 89.7 cm³/mol. The van der Waals surface area contributed by atoms with Gasteiger partial charge in [0.05, 0.1) is 0 Å². The molecular weight excluding hydrogens is 365 g/mol. The van der Waals surface area contributed by atoms with E-state index in [1.54, 1.807) is 12.1 Å². The van der Waals surface area contributed by atoms with E-state index in [-0.39, 0.29) is 18.2 Å². The van der Waals surface area contributed by atoms with Crippen LogP contribution in [0, 0.1) is 0 Å². The van der Waals surface area contributed by atoms with E-state index < -0.39 is 18.0 Å². The summed E-state index contributed by atoms with van der Waals surface area (Å²) in [4.78, 5) is 26.1. The standard InChI is InChI=1S/C17H19F3N4O3/c18-17(19,20)16-23-13(24-27-16)5-3-1-2-4-6-14(25)22-12-9-7-11(8-10-12)15(21)26/h7-10H,1-6H2,(H2,21,26)(H,22,25). The number of rotatable bonds is 9. The fourth-order valence-corrected chi connectivity index (χ4v) is 2.33. The Morgan fingerprint density at radius 3 is 2.33 bits per heavy atom. The zero-order chi connectivity index (χ0) is 19.9. The van der Waals surface area contributed by atoms with Gasteiger partial charge in [-0.3, -0.25) is 9.59 Å². The Balaban J connectivity index is 1.60. The second kappa shape index (κ2) is 9.15. The van der Waals surface area contributed by atoms with Crippen LogP contribution in [0.5, 0.6) is 0 Å². The third-order valence-electron chi connectivity index (χ3n) is 3.72. The Morgan fingerprint density at radius 1 is 1.07 bits per heavy atom. The van der Waals surface area contributed by atoms with Crippen molar-refractivity contribution in [2.75, 3.05) is 5.32 Å². The normalized spacial score (nSPS) is 11.4. The molecule has 7 nitrogen and oxygen atoms in total. The lowest BCUT2D eigenvalue weighted by Crippen LogP contribution is -2.13. The van der Waals surface area contributed by atoms with Crippen LogP contribution in [0.1, 0.15) is 54.2 Å². The van der Waals surface area contributed by atoms with Crippen molar-refractivity contribution in [3.63, 3.8) is 0 Å². The monoisotopic (exact) mass is 384 g/mol. The first-order valence-corrected chi connectivity index (χ1v) is 8.35. The topological polar surface area (TPSA) is 111 Å². The number of carbonyl (C=O) groups excluding carboxylic acids is 2. The van der Waals surface area contributed by atoms with Gasteiger partial charge in [0.25, 0.3) is 0 Å². The molecule has 2 rings (SSSR count). The number of aromatic nitrogens is 2. The van der Waals surface area contributed by atoms with E-state index in [9.17, 15) is 22.8 Å². The average Bonchev–Trinajstić information content (AvgIpc) is 3.07. The number of primary amides is 1. The van der Waals surface area contributed by atoms with Crippen molar-refractivity contribution < 1.29 is 27.3 Å². The summed E-state index contributed by atoms with van der Waals surface area (Å²) in [5.41, 5.74) is 6.07. The Morgan fingerprint density at radius 2 is 1.74 bits per heavy atom. The Kier molecular flexibility index (Phi) is 6.91. The number of carbonyl (C=O) groups is 2. The van der Waals surface area contributed by atoms with Gasteiger partial charge in [0.2, 0.25) is 11.8 Å². The van der Waals surface area contributed by atoms with Crippen molar-refractivity contribution in [2.24, 2.45) is 5.73 Å². The number of alkyl halides is 3. The van der Waals surface area contributed by atoms with Gasteiger partial charge >= 0.3 is 12.1 Å². The molecular formula is C17H19F3N4O3. The molecule has 0 fully saturated rings. The molecule has 0 radical (unpaired) electrons. The summed E-state index contributed by atoms with van der Waals surface area (Å²) in [7, 11) is 0. The van der Waals surface area contributed by atoms with E-state index in [4.69, 9.17) is 5.73 Å². The molecule has 3 N–H and O–H groups in total. The summed E-state index contributed by atoms with van der Waals surface area (Å²) >= 11 is 0. The van der Waals surface area contributed by atoms with Crippen molar-refractivity contribution in [3.8, 4) is 0 Å². The molecule has 0 unspecified atom stereocenters. The third kappa shape index (κ3) is 6.72. The number of anilines is 1. The van der Waals surface area contributed by atoms with Gasteiger partial charge in [0.1, 0.15) is 0 Å². The SMILES string of the molecule is NC(=O)c1ccc(NC(=O)CCCCCCc2noc(C(F)(F)F)n2)cc1. The molecule has 0 aliphatic rings. The molecule has 0 aliphatic carbocycles. The number of unbranched alkanes of at least 4 members (excludes halogenated alkanes) is 3. The number of hydrogen-bond donors (Lipinski definition) is 2. The second-order valence-corrected chi connectivity index (χ2v) is 5.92. The molecule has 0 spiro atoms. The highest BCUT2D eigenvalue weighted by atomic mass is 19.4. The van der Waals surface area contributed by atoms with E-state index in [0.717, 1.165) is 12.8 Å². The largest absolute Gasteiger partial charge is 0.471 e. The summed E-state index contributed by atoms with van der Waals surface area (Å²) in [6.45, 7) is 0. The lowest BCUT2D eigenvalue weighted by Gasteiger charge is -2.05. The summed E-state index contributed by atoms with van der Waals surface area (Å²) in [6, 6.07) is 6.25. The van der Waals surface area contributed by atoms with Crippen LogP contribution in [0.25, 0.3) is 0 Å². The number of aryl methyl sites for hydroxylation is 1. The lowest BCUT2D eigenvalue weighted by atomic mass is 10.1. The Bertz CT molecular complexity index is 772. The summed E-state index contributed by atoms with van der Waals surface area (Å²) < 4.78 is 41.1. The lowest BCUT2D eigenvalue weighted by molar-refractivity contribution is -0.159. The minimum Gasteiger partial charge on any atom is -0.366 e. The maximum atomic E-state index is 12.3. The quantitative estimate of drug-likeness (QED) is 0.644. The molecule has 10 heteroatoms. The van der Waals surface area contributed by atoms with E-state index >= 15 is 0 Å². The maximum absolute atomic E-state index is 12.3. The molecule has 0 atom stereocenters. The van der Waals surface area contributed by atoms with Crippen LogP contribution in [0.15, 0.2) is 28.8 Å². The fourth-order valence-electron chi connectivity index (χ4n) is 2.33. The van der Waals surface area contributed by atoms with Gasteiger partial charge in [-0.05, 0) is 37.1 Å². The highest BCUT2D eigenvalue weighted by molar-refractivity contribution is 5.94. The first kappa shape index (κ1) is 20.4. The maximum Gasteiger partial charge on any atom is 0.471 e. The number of halogens is 3. The summed E-state index contributed by atoms with van der Waals surface area (Å²) in [5.74, 6) is -2.00. The summed E-state index contributed by atoms with van der Waals surface area (Å²) in [5, 5.41) is 6.01. The van der Waals surface area contributed by atoms with Crippen LogP contribution in [-0.4, -0.2) is 22.0 Å². The van der Waals surface area contributed by atoms with Crippen LogP contribution in [0.4, 0.5) is 18.9 Å². The van der Waals surface area contributed by atoms with Crippen molar-refractivity contribution in [1.29, 1.82) is 0 Å². The minimum atomic E-state index is -4.63. The fraction of sp³-hybridized carbons (Fsp3) is 0.412. The molecule has 146 valence electrons. The van der Waals surface area contributed by atoms with Crippen LogP contribution < -0.4 is 11.1 Å². The van der Waals surface area contributed by atoms with Crippen LogP contribution in [-0.2, 0) is 17.4 Å². The number of amides is 2. The summed E-state index contributed by atoms with van der Waals surface area (Å²) in [6.07, 6.45) is -1.29. The zero-order valence-corrected chi connectivity index (χ0v) is 14.4. The van der Waals surface area contributed by atoms with Gasteiger partial charge in [0.15, 0.2) is 5.82 Å². The van der Waals surface area contributed by atoms with Gasteiger partial charge in [-0.2, -0.15) is 18.2 Å². The van der Waals surface area contributed by atoms with Gasteiger partial charge in [-0.1, -0.05) is 18.0 Å². The van der Waals surface area contributed by atoms with E-state index in [0.29, 0.717) is 30.5 Å². The molecule has 2 amide bonds. The van der Waals surface area contributed by atoms with Crippen LogP contribution >= 0.6 is 0 Å². The highest BCUT2D eigenvalue weighted by Crippen LogP contribution is 2.27. The number of benzene rings is 1. The Labute approximate surface area is 153 Å². The zero-order valence-electron chi connectivity index (χ0n) is 14.4. The predicted octanol–water partition coefficient (Wildman–Crippen LogP) is 3.32. The van der Waals surface area contributed by atoms with Crippen molar-refractivity contribution in [1.82, 2.24) is 10.1 Å². The van der Waals surface area contributed by atoms with Gasteiger partial charge < -0.3 is 15.6 Å². The van der Waals surface area contributed by atoms with E-state index in [1.807, 2.05) is 0 Å². The smallest absolute Gasteiger partial charge is 0.366 e. The third-order valence-corrected chi connectivity index (χ3v) is 3.72. The minimum absolute atomic E-state index is 0.0273. The first-order valence-electron chi connectivity index (χ1n) is 8.35. The molecule has 1 aromatic carbocycles. The van der Waals surface area contributed by atoms with Crippen molar-refractivity contribution >= 4 is 17.5 Å². The number of nitrogens with two attached hydrogens (primary N) is 1. The molecule has 0 aliphatic heterocycles. The van der Waals surface area contributed by atoms with Crippen LogP contribution in [0.2, 0.25) is 0 Å². The molecule has 0 bridgehead atoms. The highest BCUT2D eigenvalue weighted by Gasteiger charge is 2.38. The molecule has 2 aromatic rings. The number of hydrogen-bond acceptors (Lipinski definition) is 5. The van der Waals surface area contributed by atoms with E-state index in [2.05, 4.69) is 20.0 Å². The van der Waals surface area contributed by atoms with Crippen molar-refractivity contribution in [3.05, 3.63) is 41.5 Å². The van der Waals surface area contributed by atoms with E-state index in [1.165, 1.54) is 12.1 Å². The van der Waals surface area contributed by atoms with Gasteiger partial charge in [-0.25, -0.2) is 0 Å². The first-order chi connectivity index (χ1) is 12.8. The molecule has 27 heavy (non-hydrogen) atoms. The number of nitrogens with one attached hydrogen (secondary N) is 1. The molecule has 1 aromatic heterocycles. The Hall–Kier alpha value is -2.91. The molecule has 0 saturated heterocycles. The van der Waals surface area contributed by atoms with Crippen LogP contribution in [0.3, 0.4) is 0 Å². The van der Waals surface area contributed by atoms with Crippen molar-refractivity contribution in [2.45, 2.75) is 44.7 Å². The second-order valence-electron chi connectivity index (χ2n) is 5.92. The molecule has 1 heterocycles. The van der Waals surface area contributed by atoms with Gasteiger partial charge in [-0.15, -0.1) is 0 Å². The number of nitrogens with zero attached hydrogens (tertiary/aromatic N) is 2. The average molecular weight is 384 g/mol. The molecule has 0 saturated carbocycles.